The van der Waals surface area contributed by atoms with Crippen molar-refractivity contribution in [3.63, 3.8) is 0 Å². The summed E-state index contributed by atoms with van der Waals surface area (Å²) in [6.07, 6.45) is 1.40. The molecule has 1 N–H and O–H groups in total. The number of anilines is 1. The molecular formula is C16H13BrN4O2S. The lowest BCUT2D eigenvalue weighted by molar-refractivity contribution is 0.194. The first-order valence-corrected chi connectivity index (χ1v) is 9.24. The van der Waals surface area contributed by atoms with E-state index in [2.05, 4.69) is 36.4 Å². The molecular weight excluding hydrogens is 392 g/mol. The van der Waals surface area contributed by atoms with E-state index in [1.54, 1.807) is 0 Å². The summed E-state index contributed by atoms with van der Waals surface area (Å²) in [6.45, 7) is 1.90. The molecule has 6 nitrogen and oxygen atoms in total. The second kappa shape index (κ2) is 6.10. The lowest BCUT2D eigenvalue weighted by atomic mass is 10.1. The number of rotatable bonds is 2. The standard InChI is InChI=1S/C16H13BrN4O2S/c1-8-3-6-12(22-8)14-18-11-5-4-9(17)7-10(11)13-15(23-14)19-16(24-2)21-20-13/h3-7,14,18H,1-2H3/t14-/m0/s1. The largest absolute Gasteiger partial charge is 0.460 e. The Morgan fingerprint density at radius 3 is 2.83 bits per heavy atom. The molecule has 1 aromatic carbocycles. The van der Waals surface area contributed by atoms with Crippen LogP contribution < -0.4 is 10.1 Å². The van der Waals surface area contributed by atoms with Crippen LogP contribution in [0.15, 0.2) is 44.4 Å². The molecule has 0 saturated carbocycles. The third-order valence-corrected chi connectivity index (χ3v) is 4.62. The molecule has 3 aromatic rings. The molecule has 0 bridgehead atoms. The van der Waals surface area contributed by atoms with Gasteiger partial charge in [-0.25, -0.2) is 0 Å². The molecule has 3 heterocycles. The van der Waals surface area contributed by atoms with Crippen LogP contribution in [0.1, 0.15) is 17.7 Å². The average molecular weight is 405 g/mol. The molecule has 0 spiro atoms. The van der Waals surface area contributed by atoms with Crippen molar-refractivity contribution in [3.05, 3.63) is 46.3 Å². The van der Waals surface area contributed by atoms with Gasteiger partial charge in [0.05, 0.1) is 0 Å². The van der Waals surface area contributed by atoms with Gasteiger partial charge in [-0.15, -0.1) is 10.2 Å². The number of thioether (sulfide) groups is 1. The Kier molecular flexibility index (Phi) is 3.93. The Bertz CT molecular complexity index is 915. The number of ether oxygens (including phenoxy) is 1. The van der Waals surface area contributed by atoms with E-state index in [-0.39, 0.29) is 0 Å². The van der Waals surface area contributed by atoms with Crippen LogP contribution in [0.3, 0.4) is 0 Å². The van der Waals surface area contributed by atoms with Crippen molar-refractivity contribution in [3.8, 4) is 17.1 Å². The molecule has 0 saturated heterocycles. The molecule has 0 radical (unpaired) electrons. The van der Waals surface area contributed by atoms with Gasteiger partial charge in [-0.2, -0.15) is 4.98 Å². The van der Waals surface area contributed by atoms with Crippen molar-refractivity contribution < 1.29 is 9.15 Å². The van der Waals surface area contributed by atoms with Crippen LogP contribution in [-0.2, 0) is 0 Å². The summed E-state index contributed by atoms with van der Waals surface area (Å²) >= 11 is 4.92. The Morgan fingerprint density at radius 2 is 2.08 bits per heavy atom. The van der Waals surface area contributed by atoms with Crippen LogP contribution in [0.25, 0.3) is 11.3 Å². The van der Waals surface area contributed by atoms with E-state index >= 15 is 0 Å². The van der Waals surface area contributed by atoms with Gasteiger partial charge in [-0.3, -0.25) is 0 Å². The van der Waals surface area contributed by atoms with Crippen molar-refractivity contribution >= 4 is 33.4 Å². The number of benzene rings is 1. The predicted molar refractivity (Wildman–Crippen MR) is 95.2 cm³/mol. The quantitative estimate of drug-likeness (QED) is 0.633. The van der Waals surface area contributed by atoms with Gasteiger partial charge in [0.2, 0.25) is 17.3 Å². The molecule has 24 heavy (non-hydrogen) atoms. The van der Waals surface area contributed by atoms with Gasteiger partial charge in [-0.05, 0) is 43.5 Å². The van der Waals surface area contributed by atoms with E-state index in [0.717, 1.165) is 21.5 Å². The van der Waals surface area contributed by atoms with Crippen LogP contribution in [0.5, 0.6) is 5.88 Å². The van der Waals surface area contributed by atoms with Gasteiger partial charge in [-0.1, -0.05) is 27.7 Å². The van der Waals surface area contributed by atoms with E-state index in [1.165, 1.54) is 11.8 Å². The van der Waals surface area contributed by atoms with Gasteiger partial charge < -0.3 is 14.5 Å². The minimum absolute atomic E-state index is 0.428. The third-order valence-electron chi connectivity index (χ3n) is 3.59. The predicted octanol–water partition coefficient (Wildman–Crippen LogP) is 4.43. The van der Waals surface area contributed by atoms with Gasteiger partial charge in [0.25, 0.3) is 0 Å². The minimum Gasteiger partial charge on any atom is -0.460 e. The lowest BCUT2D eigenvalue weighted by Crippen LogP contribution is -2.16. The fraction of sp³-hybridized carbons (Fsp3) is 0.188. The normalized spacial score (nSPS) is 15.7. The van der Waals surface area contributed by atoms with Crippen molar-refractivity contribution in [1.82, 2.24) is 15.2 Å². The zero-order valence-electron chi connectivity index (χ0n) is 12.9. The molecule has 4 rings (SSSR count). The monoisotopic (exact) mass is 404 g/mol. The zero-order chi connectivity index (χ0) is 16.7. The van der Waals surface area contributed by atoms with Crippen molar-refractivity contribution in [2.24, 2.45) is 0 Å². The van der Waals surface area contributed by atoms with Crippen molar-refractivity contribution in [2.75, 3.05) is 11.6 Å². The second-order valence-corrected chi connectivity index (χ2v) is 6.92. The summed E-state index contributed by atoms with van der Waals surface area (Å²) in [4.78, 5) is 4.47. The molecule has 122 valence electrons. The number of hydrogen-bond acceptors (Lipinski definition) is 7. The van der Waals surface area contributed by atoms with Crippen LogP contribution >= 0.6 is 27.7 Å². The highest BCUT2D eigenvalue weighted by atomic mass is 79.9. The maximum absolute atomic E-state index is 6.07. The summed E-state index contributed by atoms with van der Waals surface area (Å²) in [6, 6.07) is 9.68. The first-order valence-electron chi connectivity index (χ1n) is 7.22. The molecule has 0 fully saturated rings. The van der Waals surface area contributed by atoms with E-state index in [9.17, 15) is 0 Å². The van der Waals surface area contributed by atoms with Crippen LogP contribution in [0.2, 0.25) is 0 Å². The van der Waals surface area contributed by atoms with E-state index in [4.69, 9.17) is 9.15 Å². The molecule has 0 aliphatic carbocycles. The smallest absolute Gasteiger partial charge is 0.247 e. The van der Waals surface area contributed by atoms with Gasteiger partial charge in [0.15, 0.2) is 11.5 Å². The number of aromatic nitrogens is 3. The Hall–Kier alpha value is -2.06. The van der Waals surface area contributed by atoms with Crippen molar-refractivity contribution in [2.45, 2.75) is 18.3 Å². The van der Waals surface area contributed by atoms with Crippen LogP contribution in [-0.4, -0.2) is 21.4 Å². The number of hydrogen-bond donors (Lipinski definition) is 1. The molecule has 8 heteroatoms. The maximum Gasteiger partial charge on any atom is 0.247 e. The zero-order valence-corrected chi connectivity index (χ0v) is 15.3. The number of furan rings is 1. The van der Waals surface area contributed by atoms with Gasteiger partial charge in [0.1, 0.15) is 5.76 Å². The second-order valence-electron chi connectivity index (χ2n) is 5.23. The highest BCUT2D eigenvalue weighted by Gasteiger charge is 2.27. The summed E-state index contributed by atoms with van der Waals surface area (Å²) < 4.78 is 12.7. The van der Waals surface area contributed by atoms with Crippen LogP contribution in [0, 0.1) is 6.92 Å². The Balaban J connectivity index is 1.88. The Labute approximate surface area is 151 Å². The summed E-state index contributed by atoms with van der Waals surface area (Å²) in [5.41, 5.74) is 2.35. The number of nitrogens with one attached hydrogen (secondary N) is 1. The number of nitrogens with zero attached hydrogens (tertiary/aromatic N) is 3. The first kappa shape index (κ1) is 15.5. The molecule has 0 amide bonds. The molecule has 2 aromatic heterocycles. The molecule has 0 unspecified atom stereocenters. The summed E-state index contributed by atoms with van der Waals surface area (Å²) in [5.74, 6) is 1.93. The SMILES string of the molecule is CSc1nnc2c(n1)O[C@@H](c1ccc(C)o1)Nc1ccc(Br)cc1-2. The van der Waals surface area contributed by atoms with Crippen LogP contribution in [0.4, 0.5) is 5.69 Å². The lowest BCUT2D eigenvalue weighted by Gasteiger charge is -2.16. The fourth-order valence-corrected chi connectivity index (χ4v) is 3.14. The van der Waals surface area contributed by atoms with Gasteiger partial charge in [0, 0.05) is 15.7 Å². The van der Waals surface area contributed by atoms with Crippen molar-refractivity contribution in [1.29, 1.82) is 0 Å². The summed E-state index contributed by atoms with van der Waals surface area (Å²) in [7, 11) is 0. The highest BCUT2D eigenvalue weighted by Crippen LogP contribution is 2.40. The topological polar surface area (TPSA) is 73.1 Å². The molecule has 1 atom stereocenters. The highest BCUT2D eigenvalue weighted by molar-refractivity contribution is 9.10. The number of fused-ring (bicyclic) bond motifs is 3. The number of aryl methyl sites for hydroxylation is 1. The fourth-order valence-electron chi connectivity index (χ4n) is 2.48. The number of halogens is 1. The average Bonchev–Trinajstić information content (AvgIpc) is 2.95. The first-order chi connectivity index (χ1) is 11.6. The van der Waals surface area contributed by atoms with E-state index in [0.29, 0.717) is 22.5 Å². The summed E-state index contributed by atoms with van der Waals surface area (Å²) in [5, 5.41) is 12.4. The van der Waals surface area contributed by atoms with Gasteiger partial charge >= 0.3 is 0 Å². The third kappa shape index (κ3) is 2.76. The maximum atomic E-state index is 6.07. The molecule has 1 aliphatic rings. The molecule has 1 aliphatic heterocycles. The minimum atomic E-state index is -0.494. The van der Waals surface area contributed by atoms with E-state index in [1.807, 2.05) is 43.5 Å². The van der Waals surface area contributed by atoms with E-state index < -0.39 is 6.23 Å². The Morgan fingerprint density at radius 1 is 1.21 bits per heavy atom.